The fourth-order valence-electron chi connectivity index (χ4n) is 1.83. The Morgan fingerprint density at radius 1 is 1.30 bits per heavy atom. The van der Waals surface area contributed by atoms with Crippen LogP contribution in [0.2, 0.25) is 5.02 Å². The van der Waals surface area contributed by atoms with E-state index in [1.807, 2.05) is 32.0 Å². The predicted molar refractivity (Wildman–Crippen MR) is 91.6 cm³/mol. The van der Waals surface area contributed by atoms with Crippen molar-refractivity contribution in [2.75, 3.05) is 12.0 Å². The molecular formula is C17H17ClN2O3. The van der Waals surface area contributed by atoms with Crippen molar-refractivity contribution < 1.29 is 14.6 Å². The van der Waals surface area contributed by atoms with Gasteiger partial charge in [-0.3, -0.25) is 5.43 Å². The zero-order valence-electron chi connectivity index (χ0n) is 12.8. The summed E-state index contributed by atoms with van der Waals surface area (Å²) in [5.74, 6) is -0.531. The molecule has 0 aliphatic carbocycles. The van der Waals surface area contributed by atoms with Crippen LogP contribution in [0.3, 0.4) is 0 Å². The molecule has 2 N–H and O–H groups in total. The van der Waals surface area contributed by atoms with E-state index in [4.69, 9.17) is 21.4 Å². The molecule has 0 amide bonds. The summed E-state index contributed by atoms with van der Waals surface area (Å²) in [5.41, 5.74) is 6.31. The summed E-state index contributed by atoms with van der Waals surface area (Å²) in [6.07, 6.45) is 0. The highest BCUT2D eigenvalue weighted by Gasteiger charge is 2.03. The van der Waals surface area contributed by atoms with Gasteiger partial charge in [0.25, 0.3) is 0 Å². The van der Waals surface area contributed by atoms with Gasteiger partial charge in [0.05, 0.1) is 11.4 Å². The van der Waals surface area contributed by atoms with Gasteiger partial charge in [-0.05, 0) is 43.7 Å². The van der Waals surface area contributed by atoms with E-state index >= 15 is 0 Å². The number of aryl methyl sites for hydroxylation is 1. The maximum absolute atomic E-state index is 10.5. The summed E-state index contributed by atoms with van der Waals surface area (Å²) >= 11 is 6.07. The molecule has 2 aromatic rings. The van der Waals surface area contributed by atoms with Crippen molar-refractivity contribution in [2.24, 2.45) is 5.10 Å². The summed E-state index contributed by atoms with van der Waals surface area (Å²) in [7, 11) is 0. The lowest BCUT2D eigenvalue weighted by Crippen LogP contribution is -2.09. The minimum absolute atomic E-state index is 0.375. The Labute approximate surface area is 139 Å². The molecule has 120 valence electrons. The molecule has 0 saturated heterocycles. The maximum atomic E-state index is 10.5. The van der Waals surface area contributed by atoms with Gasteiger partial charge >= 0.3 is 5.97 Å². The second-order valence-electron chi connectivity index (χ2n) is 4.98. The molecule has 5 nitrogen and oxygen atoms in total. The van der Waals surface area contributed by atoms with Crippen LogP contribution in [0, 0.1) is 6.92 Å². The second kappa shape index (κ2) is 7.65. The van der Waals surface area contributed by atoms with Crippen LogP contribution >= 0.6 is 11.6 Å². The predicted octanol–water partition coefficient (Wildman–Crippen LogP) is 3.95. The minimum atomic E-state index is -1.02. The number of carboxylic acids is 1. The Balaban J connectivity index is 2.09. The Kier molecular flexibility index (Phi) is 5.60. The molecule has 0 aliphatic rings. The number of hydrogen-bond donors (Lipinski definition) is 2. The van der Waals surface area contributed by atoms with E-state index in [1.54, 1.807) is 24.3 Å². The van der Waals surface area contributed by atoms with Crippen LogP contribution in [0.4, 0.5) is 5.69 Å². The molecule has 2 aromatic carbocycles. The van der Waals surface area contributed by atoms with Crippen molar-refractivity contribution in [3.05, 3.63) is 58.6 Å². The topological polar surface area (TPSA) is 70.9 Å². The highest BCUT2D eigenvalue weighted by molar-refractivity contribution is 6.31. The quantitative estimate of drug-likeness (QED) is 0.620. The van der Waals surface area contributed by atoms with Gasteiger partial charge in [-0.15, -0.1) is 0 Å². The van der Waals surface area contributed by atoms with Gasteiger partial charge in [0.2, 0.25) is 0 Å². The lowest BCUT2D eigenvalue weighted by Gasteiger charge is -2.07. The summed E-state index contributed by atoms with van der Waals surface area (Å²) in [5, 5.41) is 13.6. The molecular weight excluding hydrogens is 316 g/mol. The molecule has 6 heteroatoms. The third-order valence-electron chi connectivity index (χ3n) is 3.14. The second-order valence-corrected chi connectivity index (χ2v) is 5.39. The van der Waals surface area contributed by atoms with Crippen LogP contribution in [0.25, 0.3) is 0 Å². The first kappa shape index (κ1) is 16.8. The number of ether oxygens (including phenoxy) is 1. The lowest BCUT2D eigenvalue weighted by atomic mass is 10.1. The first-order valence-electron chi connectivity index (χ1n) is 6.97. The van der Waals surface area contributed by atoms with Gasteiger partial charge in [-0.1, -0.05) is 29.8 Å². The summed E-state index contributed by atoms with van der Waals surface area (Å²) in [6, 6.07) is 12.7. The molecule has 0 radical (unpaired) electrons. The first-order valence-corrected chi connectivity index (χ1v) is 7.35. The number of carbonyl (C=O) groups is 1. The number of hydrogen-bond acceptors (Lipinski definition) is 4. The Morgan fingerprint density at radius 2 is 2.09 bits per heavy atom. The van der Waals surface area contributed by atoms with Crippen molar-refractivity contribution in [2.45, 2.75) is 13.8 Å². The molecule has 0 atom stereocenters. The number of hydrazone groups is 1. The first-order chi connectivity index (χ1) is 11.0. The SMILES string of the molecule is C/C(=N/Nc1ccc(C)c(Cl)c1)c1cccc(OCC(=O)O)c1. The third kappa shape index (κ3) is 5.00. The highest BCUT2D eigenvalue weighted by atomic mass is 35.5. The van der Waals surface area contributed by atoms with E-state index in [-0.39, 0.29) is 6.61 Å². The number of carboxylic acid groups (broad SMARTS) is 1. The maximum Gasteiger partial charge on any atom is 0.341 e. The fraction of sp³-hybridized carbons (Fsp3) is 0.176. The minimum Gasteiger partial charge on any atom is -0.482 e. The Morgan fingerprint density at radius 3 is 2.78 bits per heavy atom. The summed E-state index contributed by atoms with van der Waals surface area (Å²) in [6.45, 7) is 3.40. The molecule has 0 aromatic heterocycles. The van der Waals surface area contributed by atoms with E-state index in [0.29, 0.717) is 10.8 Å². The molecule has 2 rings (SSSR count). The van der Waals surface area contributed by atoms with Gasteiger partial charge in [0, 0.05) is 10.6 Å². The highest BCUT2D eigenvalue weighted by Crippen LogP contribution is 2.20. The van der Waals surface area contributed by atoms with Gasteiger partial charge in [0.1, 0.15) is 5.75 Å². The summed E-state index contributed by atoms with van der Waals surface area (Å²) < 4.78 is 5.16. The molecule has 23 heavy (non-hydrogen) atoms. The Bertz CT molecular complexity index is 744. The van der Waals surface area contributed by atoms with E-state index in [1.165, 1.54) is 0 Å². The Hall–Kier alpha value is -2.53. The number of nitrogens with one attached hydrogen (secondary N) is 1. The molecule has 0 heterocycles. The van der Waals surface area contributed by atoms with Gasteiger partial charge in [0.15, 0.2) is 6.61 Å². The zero-order valence-corrected chi connectivity index (χ0v) is 13.6. The molecule has 0 aliphatic heterocycles. The largest absolute Gasteiger partial charge is 0.482 e. The average Bonchev–Trinajstić information content (AvgIpc) is 2.54. The molecule has 0 spiro atoms. The molecule has 0 bridgehead atoms. The van der Waals surface area contributed by atoms with E-state index in [0.717, 1.165) is 22.5 Å². The monoisotopic (exact) mass is 332 g/mol. The van der Waals surface area contributed by atoms with Gasteiger partial charge in [-0.25, -0.2) is 4.79 Å². The van der Waals surface area contributed by atoms with Crippen LogP contribution in [0.15, 0.2) is 47.6 Å². The number of aliphatic carboxylic acids is 1. The number of rotatable bonds is 6. The standard InChI is InChI=1S/C17H17ClN2O3/c1-11-6-7-14(9-16(11)18)20-19-12(2)13-4-3-5-15(8-13)23-10-17(21)22/h3-9,20H,10H2,1-2H3,(H,21,22)/b19-12-. The van der Waals surface area contributed by atoms with Crippen molar-refractivity contribution in [1.82, 2.24) is 0 Å². The van der Waals surface area contributed by atoms with Gasteiger partial charge < -0.3 is 9.84 Å². The van der Waals surface area contributed by atoms with Crippen LogP contribution in [-0.2, 0) is 4.79 Å². The molecule has 0 fully saturated rings. The lowest BCUT2D eigenvalue weighted by molar-refractivity contribution is -0.139. The number of benzene rings is 2. The van der Waals surface area contributed by atoms with E-state index < -0.39 is 5.97 Å². The fourth-order valence-corrected chi connectivity index (χ4v) is 2.01. The van der Waals surface area contributed by atoms with Crippen molar-refractivity contribution >= 4 is 29.0 Å². The summed E-state index contributed by atoms with van der Waals surface area (Å²) in [4.78, 5) is 10.5. The van der Waals surface area contributed by atoms with Crippen LogP contribution < -0.4 is 10.2 Å². The van der Waals surface area contributed by atoms with Gasteiger partial charge in [-0.2, -0.15) is 5.10 Å². The number of halogens is 1. The average molecular weight is 333 g/mol. The van der Waals surface area contributed by atoms with Crippen LogP contribution in [-0.4, -0.2) is 23.4 Å². The van der Waals surface area contributed by atoms with Crippen molar-refractivity contribution in [3.63, 3.8) is 0 Å². The van der Waals surface area contributed by atoms with Crippen molar-refractivity contribution in [1.29, 1.82) is 0 Å². The van der Waals surface area contributed by atoms with Crippen molar-refractivity contribution in [3.8, 4) is 5.75 Å². The number of nitrogens with zero attached hydrogens (tertiary/aromatic N) is 1. The van der Waals surface area contributed by atoms with Crippen LogP contribution in [0.1, 0.15) is 18.1 Å². The smallest absolute Gasteiger partial charge is 0.341 e. The van der Waals surface area contributed by atoms with E-state index in [9.17, 15) is 4.79 Å². The molecule has 0 saturated carbocycles. The van der Waals surface area contributed by atoms with Crippen LogP contribution in [0.5, 0.6) is 5.75 Å². The number of anilines is 1. The normalized spacial score (nSPS) is 11.2. The third-order valence-corrected chi connectivity index (χ3v) is 3.55. The zero-order chi connectivity index (χ0) is 16.8. The molecule has 0 unspecified atom stereocenters. The van der Waals surface area contributed by atoms with E-state index in [2.05, 4.69) is 10.5 Å².